The van der Waals surface area contributed by atoms with E-state index in [0.717, 1.165) is 16.1 Å². The lowest BCUT2D eigenvalue weighted by Gasteiger charge is -2.33. The molecule has 2 aromatic rings. The summed E-state index contributed by atoms with van der Waals surface area (Å²) < 4.78 is 26.4. The topological polar surface area (TPSA) is 86.8 Å². The first-order valence-corrected chi connectivity index (χ1v) is 13.0. The van der Waals surface area contributed by atoms with Gasteiger partial charge in [-0.3, -0.25) is 13.9 Å². The average Bonchev–Trinajstić information content (AvgIpc) is 2.74. The highest BCUT2D eigenvalue weighted by atomic mass is 35.5. The first kappa shape index (κ1) is 27.0. The molecule has 0 aliphatic heterocycles. The van der Waals surface area contributed by atoms with Gasteiger partial charge in [-0.2, -0.15) is 0 Å². The van der Waals surface area contributed by atoms with E-state index in [4.69, 9.17) is 23.2 Å². The van der Waals surface area contributed by atoms with E-state index in [1.807, 2.05) is 13.0 Å². The summed E-state index contributed by atoms with van der Waals surface area (Å²) in [5, 5.41) is 3.26. The normalized spacial score (nSPS) is 12.2. The summed E-state index contributed by atoms with van der Waals surface area (Å²) in [4.78, 5) is 27.5. The molecule has 2 amide bonds. The Hall–Kier alpha value is -2.29. The predicted octanol–water partition coefficient (Wildman–Crippen LogP) is 3.93. The van der Waals surface area contributed by atoms with E-state index in [9.17, 15) is 18.0 Å². The Morgan fingerprint density at radius 2 is 1.70 bits per heavy atom. The van der Waals surface area contributed by atoms with Crippen LogP contribution in [0.3, 0.4) is 0 Å². The number of nitrogens with one attached hydrogen (secondary N) is 1. The Balaban J connectivity index is 2.53. The molecule has 0 saturated heterocycles. The van der Waals surface area contributed by atoms with Crippen molar-refractivity contribution in [2.45, 2.75) is 39.8 Å². The van der Waals surface area contributed by atoms with Gasteiger partial charge in [-0.05, 0) is 49.6 Å². The fourth-order valence-corrected chi connectivity index (χ4v) is 4.94. The Kier molecular flexibility index (Phi) is 9.17. The number of rotatable bonds is 9. The van der Waals surface area contributed by atoms with E-state index in [-0.39, 0.29) is 12.5 Å². The molecule has 0 unspecified atom stereocenters. The van der Waals surface area contributed by atoms with Gasteiger partial charge in [0.15, 0.2) is 0 Å². The highest BCUT2D eigenvalue weighted by molar-refractivity contribution is 7.92. The van der Waals surface area contributed by atoms with Crippen LogP contribution in [0.1, 0.15) is 30.0 Å². The monoisotopic (exact) mass is 513 g/mol. The third-order valence-electron chi connectivity index (χ3n) is 5.33. The van der Waals surface area contributed by atoms with Gasteiger partial charge >= 0.3 is 0 Å². The summed E-state index contributed by atoms with van der Waals surface area (Å²) in [5.41, 5.74) is 2.45. The SMILES string of the molecule is CC[C@H](C(=O)NC)N(Cc1c(Cl)cccc1Cl)C(=O)CN(c1cc(C)ccc1C)S(C)(=O)=O. The lowest BCUT2D eigenvalue weighted by molar-refractivity contribution is -0.140. The molecule has 0 heterocycles. The Morgan fingerprint density at radius 3 is 2.21 bits per heavy atom. The zero-order valence-corrected chi connectivity index (χ0v) is 21.7. The van der Waals surface area contributed by atoms with Gasteiger partial charge in [0.2, 0.25) is 21.8 Å². The molecule has 0 aliphatic rings. The number of aryl methyl sites for hydroxylation is 2. The van der Waals surface area contributed by atoms with Gasteiger partial charge in [0, 0.05) is 29.2 Å². The molecule has 2 aromatic carbocycles. The van der Waals surface area contributed by atoms with Crippen LogP contribution in [0.4, 0.5) is 5.69 Å². The zero-order chi connectivity index (χ0) is 24.9. The Labute approximate surface area is 205 Å². The Bertz CT molecular complexity index is 1120. The number of likely N-dealkylation sites (N-methyl/N-ethyl adjacent to an activating group) is 1. The van der Waals surface area contributed by atoms with E-state index in [1.165, 1.54) is 11.9 Å². The van der Waals surface area contributed by atoms with Crippen molar-refractivity contribution < 1.29 is 18.0 Å². The van der Waals surface area contributed by atoms with Crippen molar-refractivity contribution in [2.75, 3.05) is 24.2 Å². The van der Waals surface area contributed by atoms with Crippen molar-refractivity contribution in [1.82, 2.24) is 10.2 Å². The van der Waals surface area contributed by atoms with Crippen LogP contribution in [-0.2, 0) is 26.2 Å². The number of sulfonamides is 1. The standard InChI is InChI=1S/C23H29Cl2N3O4S/c1-6-20(23(30)26-4)27(13-17-18(24)8-7-9-19(17)25)22(29)14-28(33(5,31)32)21-12-15(2)10-11-16(21)3/h7-12,20H,6,13-14H2,1-5H3,(H,26,30)/t20-/m1/s1. The summed E-state index contributed by atoms with van der Waals surface area (Å²) in [7, 11) is -2.32. The van der Waals surface area contributed by atoms with E-state index in [0.29, 0.717) is 33.3 Å². The third kappa shape index (κ3) is 6.62. The number of carbonyl (C=O) groups is 2. The fourth-order valence-electron chi connectivity index (χ4n) is 3.52. The molecule has 7 nitrogen and oxygen atoms in total. The van der Waals surface area contributed by atoms with Crippen LogP contribution in [0.15, 0.2) is 36.4 Å². The number of halogens is 2. The molecule has 0 fully saturated rings. The molecule has 10 heteroatoms. The molecule has 0 saturated carbocycles. The van der Waals surface area contributed by atoms with Gasteiger partial charge in [0.25, 0.3) is 0 Å². The van der Waals surface area contributed by atoms with Crippen LogP contribution < -0.4 is 9.62 Å². The molecule has 2 rings (SSSR count). The second-order valence-electron chi connectivity index (χ2n) is 7.82. The number of amides is 2. The quantitative estimate of drug-likeness (QED) is 0.550. The molecule has 0 spiro atoms. The number of hydrogen-bond donors (Lipinski definition) is 1. The van der Waals surface area contributed by atoms with Gasteiger partial charge in [-0.15, -0.1) is 0 Å². The lowest BCUT2D eigenvalue weighted by atomic mass is 10.1. The first-order valence-electron chi connectivity index (χ1n) is 10.4. The van der Waals surface area contributed by atoms with E-state index >= 15 is 0 Å². The number of hydrogen-bond acceptors (Lipinski definition) is 4. The number of nitrogens with zero attached hydrogens (tertiary/aromatic N) is 2. The van der Waals surface area contributed by atoms with Crippen LogP contribution in [0, 0.1) is 13.8 Å². The van der Waals surface area contributed by atoms with E-state index in [1.54, 1.807) is 44.2 Å². The molecule has 33 heavy (non-hydrogen) atoms. The van der Waals surface area contributed by atoms with Gasteiger partial charge in [0.05, 0.1) is 11.9 Å². The lowest BCUT2D eigenvalue weighted by Crippen LogP contribution is -2.51. The number of anilines is 1. The summed E-state index contributed by atoms with van der Waals surface area (Å²) in [6.45, 7) is 4.87. The molecule has 180 valence electrons. The average molecular weight is 514 g/mol. The molecular weight excluding hydrogens is 485 g/mol. The van der Waals surface area contributed by atoms with Crippen LogP contribution in [0.25, 0.3) is 0 Å². The van der Waals surface area contributed by atoms with Crippen LogP contribution in [-0.4, -0.2) is 51.0 Å². The fraction of sp³-hybridized carbons (Fsp3) is 0.391. The molecule has 0 bridgehead atoms. The summed E-state index contributed by atoms with van der Waals surface area (Å²) in [6, 6.07) is 9.52. The van der Waals surface area contributed by atoms with Crippen molar-refractivity contribution in [2.24, 2.45) is 0 Å². The van der Waals surface area contributed by atoms with Gasteiger partial charge in [0.1, 0.15) is 12.6 Å². The summed E-state index contributed by atoms with van der Waals surface area (Å²) in [6.07, 6.45) is 1.36. The maximum Gasteiger partial charge on any atom is 0.244 e. The second-order valence-corrected chi connectivity index (χ2v) is 10.5. The first-order chi connectivity index (χ1) is 15.4. The highest BCUT2D eigenvalue weighted by Crippen LogP contribution is 2.28. The zero-order valence-electron chi connectivity index (χ0n) is 19.4. The molecule has 0 aromatic heterocycles. The molecular formula is C23H29Cl2N3O4S. The van der Waals surface area contributed by atoms with Gasteiger partial charge in [-0.1, -0.05) is 48.3 Å². The van der Waals surface area contributed by atoms with Crippen molar-refractivity contribution in [3.8, 4) is 0 Å². The van der Waals surface area contributed by atoms with Crippen molar-refractivity contribution in [3.63, 3.8) is 0 Å². The largest absolute Gasteiger partial charge is 0.357 e. The minimum atomic E-state index is -3.80. The smallest absolute Gasteiger partial charge is 0.244 e. The van der Waals surface area contributed by atoms with Crippen molar-refractivity contribution >= 4 is 50.7 Å². The maximum atomic E-state index is 13.6. The minimum absolute atomic E-state index is 0.0479. The molecule has 1 N–H and O–H groups in total. The Morgan fingerprint density at radius 1 is 1.09 bits per heavy atom. The third-order valence-corrected chi connectivity index (χ3v) is 7.17. The number of carbonyl (C=O) groups excluding carboxylic acids is 2. The van der Waals surface area contributed by atoms with E-state index < -0.39 is 28.5 Å². The molecule has 1 atom stereocenters. The van der Waals surface area contributed by atoms with Crippen molar-refractivity contribution in [3.05, 3.63) is 63.1 Å². The van der Waals surface area contributed by atoms with Crippen LogP contribution in [0.5, 0.6) is 0 Å². The van der Waals surface area contributed by atoms with Gasteiger partial charge < -0.3 is 10.2 Å². The number of benzene rings is 2. The van der Waals surface area contributed by atoms with Crippen LogP contribution >= 0.6 is 23.2 Å². The maximum absolute atomic E-state index is 13.6. The molecule has 0 aliphatic carbocycles. The summed E-state index contributed by atoms with van der Waals surface area (Å²) >= 11 is 12.6. The van der Waals surface area contributed by atoms with Gasteiger partial charge in [-0.25, -0.2) is 8.42 Å². The highest BCUT2D eigenvalue weighted by Gasteiger charge is 2.32. The predicted molar refractivity (Wildman–Crippen MR) is 133 cm³/mol. The van der Waals surface area contributed by atoms with Crippen LogP contribution in [0.2, 0.25) is 10.0 Å². The van der Waals surface area contributed by atoms with E-state index in [2.05, 4.69) is 5.32 Å². The second kappa shape index (κ2) is 11.2. The molecule has 0 radical (unpaired) electrons. The summed E-state index contributed by atoms with van der Waals surface area (Å²) in [5.74, 6) is -0.917. The van der Waals surface area contributed by atoms with Crippen molar-refractivity contribution in [1.29, 1.82) is 0 Å². The minimum Gasteiger partial charge on any atom is -0.357 e.